The van der Waals surface area contributed by atoms with Crippen LogP contribution in [0.1, 0.15) is 12.5 Å². The minimum Gasteiger partial charge on any atom is -0.356 e. The average molecular weight is 456 g/mol. The number of nitrogens with zero attached hydrogens (tertiary/aromatic N) is 3. The Hall–Kier alpha value is -1.03. The van der Waals surface area contributed by atoms with Gasteiger partial charge in [0, 0.05) is 25.3 Å². The topological polar surface area (TPSA) is 30.9 Å². The van der Waals surface area contributed by atoms with E-state index < -0.39 is 12.7 Å². The molecule has 136 valence electrons. The quantitative estimate of drug-likeness (QED) is 0.420. The molecule has 1 aromatic rings. The van der Waals surface area contributed by atoms with Crippen LogP contribution in [0.4, 0.5) is 18.9 Å². The van der Waals surface area contributed by atoms with Crippen LogP contribution < -0.4 is 10.2 Å². The first-order valence-corrected chi connectivity index (χ1v) is 7.80. The molecule has 2 rings (SSSR count). The first-order chi connectivity index (χ1) is 10.9. The molecule has 0 spiro atoms. The van der Waals surface area contributed by atoms with Crippen LogP contribution >= 0.6 is 24.0 Å². The third kappa shape index (κ3) is 6.12. The van der Waals surface area contributed by atoms with E-state index in [9.17, 15) is 13.2 Å². The zero-order valence-corrected chi connectivity index (χ0v) is 16.3. The fourth-order valence-corrected chi connectivity index (χ4v) is 2.66. The molecule has 0 bridgehead atoms. The molecular weight excluding hydrogens is 432 g/mol. The number of alkyl halides is 3. The number of rotatable bonds is 5. The average Bonchev–Trinajstić information content (AvgIpc) is 2.88. The molecule has 0 saturated heterocycles. The van der Waals surface area contributed by atoms with Gasteiger partial charge in [0.1, 0.15) is 0 Å². The first kappa shape index (κ1) is 21.0. The van der Waals surface area contributed by atoms with E-state index in [4.69, 9.17) is 0 Å². The molecular formula is C16H24F3IN4. The molecule has 1 heterocycles. The van der Waals surface area contributed by atoms with Crippen molar-refractivity contribution in [2.24, 2.45) is 4.99 Å². The maximum Gasteiger partial charge on any atom is 0.401 e. The molecule has 4 nitrogen and oxygen atoms in total. The van der Waals surface area contributed by atoms with Crippen molar-refractivity contribution in [1.82, 2.24) is 10.2 Å². The van der Waals surface area contributed by atoms with Gasteiger partial charge in [0.05, 0.1) is 13.1 Å². The molecule has 8 heteroatoms. The van der Waals surface area contributed by atoms with Crippen LogP contribution in [-0.2, 0) is 6.42 Å². The molecule has 0 saturated carbocycles. The lowest BCUT2D eigenvalue weighted by Crippen LogP contribution is -2.41. The molecule has 0 aliphatic carbocycles. The summed E-state index contributed by atoms with van der Waals surface area (Å²) in [6.07, 6.45) is -3.22. The van der Waals surface area contributed by atoms with Crippen LogP contribution in [0, 0.1) is 0 Å². The van der Waals surface area contributed by atoms with Crippen LogP contribution in [-0.4, -0.2) is 56.8 Å². The fraction of sp³-hybridized carbons (Fsp3) is 0.562. The number of para-hydroxylation sites is 1. The van der Waals surface area contributed by atoms with Crippen molar-refractivity contribution in [2.75, 3.05) is 44.7 Å². The lowest BCUT2D eigenvalue weighted by Gasteiger charge is -2.23. The van der Waals surface area contributed by atoms with Crippen LogP contribution in [0.15, 0.2) is 29.3 Å². The van der Waals surface area contributed by atoms with Gasteiger partial charge in [-0.3, -0.25) is 9.89 Å². The highest BCUT2D eigenvalue weighted by molar-refractivity contribution is 14.0. The standard InChI is InChI=1S/C16H23F3N4.HI/c1-3-20-15(21-9-11-22(2)12-16(17,18)19)23-10-8-13-6-4-5-7-14(13)23;/h4-7H,3,8-12H2,1-2H3,(H,20,21);1H. The lowest BCUT2D eigenvalue weighted by atomic mass is 10.2. The van der Waals surface area contributed by atoms with Crippen molar-refractivity contribution in [1.29, 1.82) is 0 Å². The molecule has 0 unspecified atom stereocenters. The van der Waals surface area contributed by atoms with Gasteiger partial charge in [-0.15, -0.1) is 24.0 Å². The van der Waals surface area contributed by atoms with E-state index in [2.05, 4.69) is 21.3 Å². The number of halogens is 4. The summed E-state index contributed by atoms with van der Waals surface area (Å²) in [5, 5.41) is 3.22. The van der Waals surface area contributed by atoms with Crippen LogP contribution in [0.2, 0.25) is 0 Å². The monoisotopic (exact) mass is 456 g/mol. The number of nitrogens with one attached hydrogen (secondary N) is 1. The highest BCUT2D eigenvalue weighted by Crippen LogP contribution is 2.27. The molecule has 0 radical (unpaired) electrons. The second-order valence-electron chi connectivity index (χ2n) is 5.62. The zero-order chi connectivity index (χ0) is 16.9. The molecule has 0 aromatic heterocycles. The first-order valence-electron chi connectivity index (χ1n) is 7.80. The van der Waals surface area contributed by atoms with E-state index in [1.807, 2.05) is 25.1 Å². The highest BCUT2D eigenvalue weighted by atomic mass is 127. The normalized spacial score (nSPS) is 14.6. The number of hydrogen-bond acceptors (Lipinski definition) is 2. The lowest BCUT2D eigenvalue weighted by molar-refractivity contribution is -0.142. The number of anilines is 1. The summed E-state index contributed by atoms with van der Waals surface area (Å²) < 4.78 is 37.0. The zero-order valence-electron chi connectivity index (χ0n) is 13.9. The molecule has 1 aromatic carbocycles. The number of benzene rings is 1. The third-order valence-electron chi connectivity index (χ3n) is 3.67. The SMILES string of the molecule is CCNC(=NCCN(C)CC(F)(F)F)N1CCc2ccccc21.I. The summed E-state index contributed by atoms with van der Waals surface area (Å²) in [5.41, 5.74) is 2.39. The van der Waals surface area contributed by atoms with E-state index in [0.717, 1.165) is 31.2 Å². The Balaban J connectivity index is 0.00000288. The largest absolute Gasteiger partial charge is 0.401 e. The van der Waals surface area contributed by atoms with Crippen LogP contribution in [0.3, 0.4) is 0 Å². The van der Waals surface area contributed by atoms with Crippen molar-refractivity contribution < 1.29 is 13.2 Å². The maximum atomic E-state index is 12.3. The molecule has 0 amide bonds. The van der Waals surface area contributed by atoms with Crippen molar-refractivity contribution in [2.45, 2.75) is 19.5 Å². The number of fused-ring (bicyclic) bond motifs is 1. The minimum atomic E-state index is -4.17. The number of aliphatic imine (C=N–C) groups is 1. The Morgan fingerprint density at radius 1 is 1.33 bits per heavy atom. The Kier molecular flexibility index (Phi) is 8.28. The Labute approximate surface area is 158 Å². The molecule has 0 fully saturated rings. The summed E-state index contributed by atoms with van der Waals surface area (Å²) in [4.78, 5) is 7.83. The van der Waals surface area contributed by atoms with Gasteiger partial charge >= 0.3 is 6.18 Å². The Morgan fingerprint density at radius 3 is 2.71 bits per heavy atom. The Bertz CT molecular complexity index is 548. The van der Waals surface area contributed by atoms with E-state index in [-0.39, 0.29) is 30.5 Å². The fourth-order valence-electron chi connectivity index (χ4n) is 2.66. The van der Waals surface area contributed by atoms with Gasteiger partial charge in [-0.1, -0.05) is 18.2 Å². The second kappa shape index (κ2) is 9.45. The summed E-state index contributed by atoms with van der Waals surface area (Å²) in [5.74, 6) is 0.734. The predicted octanol–water partition coefficient (Wildman–Crippen LogP) is 3.13. The Morgan fingerprint density at radius 2 is 2.04 bits per heavy atom. The van der Waals surface area contributed by atoms with Gasteiger partial charge in [-0.2, -0.15) is 13.2 Å². The van der Waals surface area contributed by atoms with Gasteiger partial charge in [-0.25, -0.2) is 0 Å². The van der Waals surface area contributed by atoms with Gasteiger partial charge in [-0.05, 0) is 32.0 Å². The van der Waals surface area contributed by atoms with Gasteiger partial charge in [0.15, 0.2) is 5.96 Å². The van der Waals surface area contributed by atoms with Crippen molar-refractivity contribution in [3.05, 3.63) is 29.8 Å². The van der Waals surface area contributed by atoms with Crippen molar-refractivity contribution >= 4 is 35.6 Å². The minimum absolute atomic E-state index is 0. The van der Waals surface area contributed by atoms with Crippen LogP contribution in [0.25, 0.3) is 0 Å². The predicted molar refractivity (Wildman–Crippen MR) is 102 cm³/mol. The van der Waals surface area contributed by atoms with E-state index in [0.29, 0.717) is 6.54 Å². The van der Waals surface area contributed by atoms with Crippen LogP contribution in [0.5, 0.6) is 0 Å². The molecule has 1 aliphatic heterocycles. The number of guanidine groups is 1. The van der Waals surface area contributed by atoms with E-state index >= 15 is 0 Å². The van der Waals surface area contributed by atoms with E-state index in [1.165, 1.54) is 17.5 Å². The summed E-state index contributed by atoms with van der Waals surface area (Å²) in [6, 6.07) is 8.14. The second-order valence-corrected chi connectivity index (χ2v) is 5.62. The van der Waals surface area contributed by atoms with Gasteiger partial charge in [0.25, 0.3) is 0 Å². The molecule has 1 N–H and O–H groups in total. The summed E-state index contributed by atoms with van der Waals surface area (Å²) in [6.45, 7) is 3.22. The molecule has 1 aliphatic rings. The number of hydrogen-bond donors (Lipinski definition) is 1. The van der Waals surface area contributed by atoms with Crippen molar-refractivity contribution in [3.63, 3.8) is 0 Å². The van der Waals surface area contributed by atoms with Gasteiger partial charge < -0.3 is 10.2 Å². The molecule has 0 atom stereocenters. The summed E-state index contributed by atoms with van der Waals surface area (Å²) in [7, 11) is 1.46. The van der Waals surface area contributed by atoms with E-state index in [1.54, 1.807) is 0 Å². The summed E-state index contributed by atoms with van der Waals surface area (Å²) >= 11 is 0. The van der Waals surface area contributed by atoms with Gasteiger partial charge in [0.2, 0.25) is 0 Å². The number of likely N-dealkylation sites (N-methyl/N-ethyl adjacent to an activating group) is 1. The maximum absolute atomic E-state index is 12.3. The van der Waals surface area contributed by atoms with Crippen molar-refractivity contribution in [3.8, 4) is 0 Å². The highest BCUT2D eigenvalue weighted by Gasteiger charge is 2.29. The third-order valence-corrected chi connectivity index (χ3v) is 3.67. The smallest absolute Gasteiger partial charge is 0.356 e. The molecule has 24 heavy (non-hydrogen) atoms.